The predicted octanol–water partition coefficient (Wildman–Crippen LogP) is 12.5. The Labute approximate surface area is 288 Å². The molecular formula is C42H81NO3. The van der Waals surface area contributed by atoms with Gasteiger partial charge in [-0.2, -0.15) is 0 Å². The van der Waals surface area contributed by atoms with E-state index in [0.717, 1.165) is 25.7 Å². The molecule has 0 saturated carbocycles. The zero-order valence-electron chi connectivity index (χ0n) is 31.1. The van der Waals surface area contributed by atoms with E-state index in [0.29, 0.717) is 6.42 Å². The second kappa shape index (κ2) is 38.3. The number of hydrogen-bond donors (Lipinski definition) is 3. The summed E-state index contributed by atoms with van der Waals surface area (Å²) < 4.78 is 0. The number of amides is 1. The summed E-state index contributed by atoms with van der Waals surface area (Å²) >= 11 is 0. The van der Waals surface area contributed by atoms with Gasteiger partial charge in [-0.3, -0.25) is 4.79 Å². The number of unbranched alkanes of at least 4 members (excludes halogenated alkanes) is 28. The Kier molecular flexibility index (Phi) is 37.4. The van der Waals surface area contributed by atoms with Crippen molar-refractivity contribution in [3.8, 4) is 0 Å². The zero-order valence-corrected chi connectivity index (χ0v) is 31.1. The third-order valence-corrected chi connectivity index (χ3v) is 9.43. The molecule has 1 amide bonds. The summed E-state index contributed by atoms with van der Waals surface area (Å²) in [4.78, 5) is 12.2. The van der Waals surface area contributed by atoms with Gasteiger partial charge in [0.1, 0.15) is 0 Å². The lowest BCUT2D eigenvalue weighted by Crippen LogP contribution is -2.45. The maximum absolute atomic E-state index is 12.2. The number of carbonyl (C=O) groups excluding carboxylic acids is 1. The largest absolute Gasteiger partial charge is 0.394 e. The number of aliphatic hydroxyl groups excluding tert-OH is 2. The number of carbonyl (C=O) groups is 1. The van der Waals surface area contributed by atoms with Crippen molar-refractivity contribution >= 4 is 5.91 Å². The quantitative estimate of drug-likeness (QED) is 0.0464. The van der Waals surface area contributed by atoms with Gasteiger partial charge in [-0.05, 0) is 44.9 Å². The molecule has 4 heteroatoms. The van der Waals surface area contributed by atoms with Crippen LogP contribution in [0.1, 0.15) is 219 Å². The molecule has 0 bridgehead atoms. The first-order chi connectivity index (χ1) is 22.7. The molecule has 0 aliphatic heterocycles. The molecule has 272 valence electrons. The van der Waals surface area contributed by atoms with Crippen molar-refractivity contribution in [2.75, 3.05) is 6.61 Å². The van der Waals surface area contributed by atoms with Crippen LogP contribution < -0.4 is 5.32 Å². The average Bonchev–Trinajstić information content (AvgIpc) is 3.06. The molecule has 0 saturated heterocycles. The van der Waals surface area contributed by atoms with Crippen LogP contribution in [-0.2, 0) is 4.79 Å². The number of allylic oxidation sites excluding steroid dienone is 3. The molecule has 0 aliphatic carbocycles. The molecule has 0 heterocycles. The van der Waals surface area contributed by atoms with Crippen LogP contribution >= 0.6 is 0 Å². The van der Waals surface area contributed by atoms with E-state index in [1.807, 2.05) is 6.08 Å². The Morgan fingerprint density at radius 1 is 0.500 bits per heavy atom. The van der Waals surface area contributed by atoms with Crippen LogP contribution in [0.5, 0.6) is 0 Å². The normalized spacial score (nSPS) is 13.2. The summed E-state index contributed by atoms with van der Waals surface area (Å²) in [5.41, 5.74) is 0. The van der Waals surface area contributed by atoms with Crippen LogP contribution in [-0.4, -0.2) is 34.9 Å². The van der Waals surface area contributed by atoms with E-state index in [1.54, 1.807) is 6.08 Å². The molecule has 0 aliphatic rings. The molecule has 46 heavy (non-hydrogen) atoms. The van der Waals surface area contributed by atoms with E-state index in [-0.39, 0.29) is 12.5 Å². The van der Waals surface area contributed by atoms with Crippen molar-refractivity contribution in [3.63, 3.8) is 0 Å². The zero-order chi connectivity index (χ0) is 33.6. The molecule has 2 atom stereocenters. The van der Waals surface area contributed by atoms with Crippen molar-refractivity contribution in [2.45, 2.75) is 231 Å². The van der Waals surface area contributed by atoms with Gasteiger partial charge in [0.2, 0.25) is 5.91 Å². The van der Waals surface area contributed by atoms with Gasteiger partial charge < -0.3 is 15.5 Å². The fourth-order valence-electron chi connectivity index (χ4n) is 6.23. The Morgan fingerprint density at radius 2 is 0.826 bits per heavy atom. The van der Waals surface area contributed by atoms with E-state index in [1.165, 1.54) is 173 Å². The molecule has 0 radical (unpaired) electrons. The highest BCUT2D eigenvalue weighted by atomic mass is 16.3. The van der Waals surface area contributed by atoms with Gasteiger partial charge in [0.15, 0.2) is 0 Å². The number of nitrogens with one attached hydrogen (secondary N) is 1. The van der Waals surface area contributed by atoms with E-state index in [4.69, 9.17) is 0 Å². The highest BCUT2D eigenvalue weighted by molar-refractivity contribution is 5.76. The van der Waals surface area contributed by atoms with Crippen LogP contribution in [0.3, 0.4) is 0 Å². The molecule has 2 unspecified atom stereocenters. The summed E-state index contributed by atoms with van der Waals surface area (Å²) in [7, 11) is 0. The van der Waals surface area contributed by atoms with Crippen LogP contribution in [0.25, 0.3) is 0 Å². The summed E-state index contributed by atoms with van der Waals surface area (Å²) in [6.07, 6.45) is 49.0. The standard InChI is InChI=1S/C42H81NO3/c1-3-5-7-9-10-11-12-13-14-15-16-17-18-19-20-21-22-23-24-25-26-27-28-29-30-31-32-34-36-38-42(46)43-40(39-44)41(45)37-35-33-8-6-4-2/h15-16,35,37,40-41,44-45H,3-14,17-34,36,38-39H2,1-2H3,(H,43,46)/b16-15-,37-35+. The topological polar surface area (TPSA) is 69.6 Å². The monoisotopic (exact) mass is 648 g/mol. The van der Waals surface area contributed by atoms with E-state index in [9.17, 15) is 15.0 Å². The summed E-state index contributed by atoms with van der Waals surface area (Å²) in [5, 5.41) is 22.6. The van der Waals surface area contributed by atoms with Crippen molar-refractivity contribution in [1.82, 2.24) is 5.32 Å². The minimum Gasteiger partial charge on any atom is -0.394 e. The van der Waals surface area contributed by atoms with Crippen molar-refractivity contribution in [2.24, 2.45) is 0 Å². The Balaban J connectivity index is 3.36. The SMILES string of the molecule is CCCCC/C=C/C(O)C(CO)NC(=O)CCCCCCCCCCCCCCCCCCC/C=C\CCCCCCCCCC. The maximum Gasteiger partial charge on any atom is 0.220 e. The number of aliphatic hydroxyl groups is 2. The van der Waals surface area contributed by atoms with Crippen LogP contribution in [0, 0.1) is 0 Å². The highest BCUT2D eigenvalue weighted by Crippen LogP contribution is 2.15. The average molecular weight is 648 g/mol. The fourth-order valence-corrected chi connectivity index (χ4v) is 6.23. The molecule has 0 fully saturated rings. The highest BCUT2D eigenvalue weighted by Gasteiger charge is 2.17. The first kappa shape index (κ1) is 44.9. The van der Waals surface area contributed by atoms with Gasteiger partial charge >= 0.3 is 0 Å². The fraction of sp³-hybridized carbons (Fsp3) is 0.881. The molecule has 0 aromatic rings. The predicted molar refractivity (Wildman–Crippen MR) is 202 cm³/mol. The Morgan fingerprint density at radius 3 is 1.24 bits per heavy atom. The second-order valence-electron chi connectivity index (χ2n) is 14.1. The number of hydrogen-bond acceptors (Lipinski definition) is 3. The third kappa shape index (κ3) is 34.2. The first-order valence-electron chi connectivity index (χ1n) is 20.6. The first-order valence-corrected chi connectivity index (χ1v) is 20.6. The number of rotatable bonds is 37. The summed E-state index contributed by atoms with van der Waals surface area (Å²) in [6, 6.07) is -0.614. The summed E-state index contributed by atoms with van der Waals surface area (Å²) in [5.74, 6) is -0.0693. The van der Waals surface area contributed by atoms with Crippen molar-refractivity contribution in [3.05, 3.63) is 24.3 Å². The smallest absolute Gasteiger partial charge is 0.220 e. The molecule has 0 aromatic heterocycles. The van der Waals surface area contributed by atoms with Gasteiger partial charge in [-0.15, -0.1) is 0 Å². The van der Waals surface area contributed by atoms with Gasteiger partial charge in [0.25, 0.3) is 0 Å². The van der Waals surface area contributed by atoms with Crippen LogP contribution in [0.2, 0.25) is 0 Å². The van der Waals surface area contributed by atoms with Crippen molar-refractivity contribution < 1.29 is 15.0 Å². The van der Waals surface area contributed by atoms with Gasteiger partial charge in [-0.1, -0.05) is 192 Å². The maximum atomic E-state index is 12.2. The lowest BCUT2D eigenvalue weighted by atomic mass is 10.0. The molecule has 0 aromatic carbocycles. The van der Waals surface area contributed by atoms with Gasteiger partial charge in [-0.25, -0.2) is 0 Å². The molecule has 3 N–H and O–H groups in total. The molecule has 4 nitrogen and oxygen atoms in total. The van der Waals surface area contributed by atoms with Gasteiger partial charge in [0, 0.05) is 6.42 Å². The third-order valence-electron chi connectivity index (χ3n) is 9.43. The second-order valence-corrected chi connectivity index (χ2v) is 14.1. The Hall–Kier alpha value is -1.13. The minimum atomic E-state index is -0.831. The summed E-state index contributed by atoms with van der Waals surface area (Å²) in [6.45, 7) is 4.21. The molecule has 0 spiro atoms. The van der Waals surface area contributed by atoms with E-state index in [2.05, 4.69) is 31.3 Å². The minimum absolute atomic E-state index is 0.0693. The van der Waals surface area contributed by atoms with Crippen LogP contribution in [0.4, 0.5) is 0 Å². The molecular weight excluding hydrogens is 566 g/mol. The Bertz CT molecular complexity index is 661. The lowest BCUT2D eigenvalue weighted by molar-refractivity contribution is -0.123. The lowest BCUT2D eigenvalue weighted by Gasteiger charge is -2.20. The molecule has 0 rings (SSSR count). The van der Waals surface area contributed by atoms with Crippen molar-refractivity contribution in [1.29, 1.82) is 0 Å². The van der Waals surface area contributed by atoms with Crippen LogP contribution in [0.15, 0.2) is 24.3 Å². The van der Waals surface area contributed by atoms with E-state index >= 15 is 0 Å². The van der Waals surface area contributed by atoms with E-state index < -0.39 is 12.1 Å². The van der Waals surface area contributed by atoms with Gasteiger partial charge in [0.05, 0.1) is 18.8 Å².